The van der Waals surface area contributed by atoms with E-state index in [4.69, 9.17) is 5.14 Å². The van der Waals surface area contributed by atoms with E-state index in [-0.39, 0.29) is 10.6 Å². The number of nitrogens with two attached hydrogens (primary N) is 1. The highest BCUT2D eigenvalue weighted by Crippen LogP contribution is 2.18. The van der Waals surface area contributed by atoms with Crippen LogP contribution in [0.4, 0.5) is 14.9 Å². The first-order valence-electron chi connectivity index (χ1n) is 5.71. The Morgan fingerprint density at radius 3 is 2.68 bits per heavy atom. The molecule has 0 aliphatic rings. The van der Waals surface area contributed by atoms with Gasteiger partial charge in [-0.05, 0) is 24.6 Å². The van der Waals surface area contributed by atoms with Gasteiger partial charge in [-0.15, -0.1) is 0 Å². The molecule has 1 aromatic carbocycles. The Kier molecular flexibility index (Phi) is 5.25. The summed E-state index contributed by atoms with van der Waals surface area (Å²) in [5, 5.41) is 9.68. The Balaban J connectivity index is 2.80. The number of carbonyl (C=O) groups excluding carboxylic acids is 1. The number of hydrogen-bond donors (Lipinski definition) is 3. The molecule has 4 N–H and O–H groups in total. The van der Waals surface area contributed by atoms with Gasteiger partial charge in [0.25, 0.3) is 0 Å². The number of rotatable bonds is 5. The van der Waals surface area contributed by atoms with Gasteiger partial charge in [-0.1, -0.05) is 13.3 Å². The number of amides is 2. The second-order valence-corrected chi connectivity index (χ2v) is 5.48. The van der Waals surface area contributed by atoms with Crippen molar-refractivity contribution >= 4 is 21.7 Å². The molecule has 1 aromatic rings. The highest BCUT2D eigenvalue weighted by atomic mass is 32.2. The number of urea groups is 1. The summed E-state index contributed by atoms with van der Waals surface area (Å²) in [7, 11) is -3.94. The molecule has 0 aliphatic heterocycles. The van der Waals surface area contributed by atoms with Gasteiger partial charge in [0.2, 0.25) is 10.0 Å². The summed E-state index contributed by atoms with van der Waals surface area (Å²) in [5.74, 6) is -0.738. The number of halogens is 1. The van der Waals surface area contributed by atoms with Gasteiger partial charge in [0.05, 0.1) is 10.6 Å². The van der Waals surface area contributed by atoms with Crippen LogP contribution in [0.15, 0.2) is 23.1 Å². The van der Waals surface area contributed by atoms with Crippen LogP contribution in [0.3, 0.4) is 0 Å². The van der Waals surface area contributed by atoms with Crippen LogP contribution in [0.2, 0.25) is 0 Å². The molecule has 0 spiro atoms. The lowest BCUT2D eigenvalue weighted by Crippen LogP contribution is -2.30. The van der Waals surface area contributed by atoms with Crippen LogP contribution in [0.25, 0.3) is 0 Å². The van der Waals surface area contributed by atoms with Crippen molar-refractivity contribution in [2.45, 2.75) is 24.7 Å². The summed E-state index contributed by atoms with van der Waals surface area (Å²) < 4.78 is 35.7. The van der Waals surface area contributed by atoms with Crippen LogP contribution in [-0.4, -0.2) is 21.0 Å². The Morgan fingerprint density at radius 1 is 1.42 bits per heavy atom. The lowest BCUT2D eigenvalue weighted by molar-refractivity contribution is 0.252. The first kappa shape index (κ1) is 15.4. The summed E-state index contributed by atoms with van der Waals surface area (Å²) in [6.45, 7) is 2.42. The van der Waals surface area contributed by atoms with Crippen molar-refractivity contribution in [3.8, 4) is 0 Å². The molecule has 0 heterocycles. The third-order valence-corrected chi connectivity index (χ3v) is 3.24. The molecule has 0 fully saturated rings. The van der Waals surface area contributed by atoms with Crippen LogP contribution in [0, 0.1) is 5.82 Å². The molecule has 19 heavy (non-hydrogen) atoms. The van der Waals surface area contributed by atoms with Gasteiger partial charge >= 0.3 is 6.03 Å². The quantitative estimate of drug-likeness (QED) is 0.714. The second kappa shape index (κ2) is 6.48. The van der Waals surface area contributed by atoms with E-state index in [2.05, 4.69) is 10.6 Å². The molecule has 0 saturated heterocycles. The third-order valence-electron chi connectivity index (χ3n) is 2.33. The summed E-state index contributed by atoms with van der Waals surface area (Å²) in [5.41, 5.74) is -0.236. The number of hydrogen-bond acceptors (Lipinski definition) is 3. The molecular weight excluding hydrogens is 273 g/mol. The van der Waals surface area contributed by atoms with Crippen LogP contribution >= 0.6 is 0 Å². The van der Waals surface area contributed by atoms with E-state index in [9.17, 15) is 17.6 Å². The van der Waals surface area contributed by atoms with Gasteiger partial charge in [0, 0.05) is 6.54 Å². The van der Waals surface area contributed by atoms with Crippen molar-refractivity contribution in [3.05, 3.63) is 24.0 Å². The minimum atomic E-state index is -3.94. The van der Waals surface area contributed by atoms with Crippen LogP contribution in [0.1, 0.15) is 19.8 Å². The summed E-state index contributed by atoms with van der Waals surface area (Å²) >= 11 is 0. The van der Waals surface area contributed by atoms with E-state index < -0.39 is 21.9 Å². The van der Waals surface area contributed by atoms with Gasteiger partial charge in [-0.2, -0.15) is 0 Å². The average Bonchev–Trinajstić information content (AvgIpc) is 2.31. The zero-order chi connectivity index (χ0) is 14.5. The monoisotopic (exact) mass is 289 g/mol. The lowest BCUT2D eigenvalue weighted by atomic mass is 10.3. The molecule has 0 atom stereocenters. The number of nitrogens with one attached hydrogen (secondary N) is 2. The zero-order valence-electron chi connectivity index (χ0n) is 10.4. The molecule has 106 valence electrons. The summed E-state index contributed by atoms with van der Waals surface area (Å²) in [4.78, 5) is 11.2. The topological polar surface area (TPSA) is 101 Å². The van der Waals surface area contributed by atoms with Gasteiger partial charge < -0.3 is 10.6 Å². The Labute approximate surface area is 111 Å². The maximum Gasteiger partial charge on any atom is 0.319 e. The van der Waals surface area contributed by atoms with Gasteiger partial charge in [-0.3, -0.25) is 0 Å². The Bertz CT molecular complexity index is 560. The molecule has 0 radical (unpaired) electrons. The molecule has 0 aliphatic carbocycles. The van der Waals surface area contributed by atoms with Crippen LogP contribution in [0.5, 0.6) is 0 Å². The molecule has 0 bridgehead atoms. The van der Waals surface area contributed by atoms with Crippen molar-refractivity contribution in [2.24, 2.45) is 5.14 Å². The van der Waals surface area contributed by atoms with E-state index in [0.29, 0.717) is 6.54 Å². The van der Waals surface area contributed by atoms with Crippen molar-refractivity contribution in [1.29, 1.82) is 0 Å². The highest BCUT2D eigenvalue weighted by Gasteiger charge is 2.13. The normalized spacial score (nSPS) is 11.1. The first-order chi connectivity index (χ1) is 8.84. The molecule has 0 aromatic heterocycles. The van der Waals surface area contributed by atoms with Gasteiger partial charge in [0.15, 0.2) is 0 Å². The van der Waals surface area contributed by atoms with Crippen LogP contribution in [-0.2, 0) is 10.0 Å². The SMILES string of the molecule is CCCCNC(=O)Nc1cc(S(N)(=O)=O)ccc1F. The number of unbranched alkanes of at least 4 members (excludes halogenated alkanes) is 1. The molecular formula is C11H16FN3O3S. The Hall–Kier alpha value is -1.67. The van der Waals surface area contributed by atoms with Crippen LogP contribution < -0.4 is 15.8 Å². The number of sulfonamides is 1. The number of benzene rings is 1. The molecule has 2 amide bonds. The first-order valence-corrected chi connectivity index (χ1v) is 7.26. The van der Waals surface area contributed by atoms with E-state index in [1.807, 2.05) is 6.92 Å². The van der Waals surface area contributed by atoms with E-state index >= 15 is 0 Å². The van der Waals surface area contributed by atoms with Crippen molar-refractivity contribution in [2.75, 3.05) is 11.9 Å². The fourth-order valence-electron chi connectivity index (χ4n) is 1.32. The second-order valence-electron chi connectivity index (χ2n) is 3.92. The Morgan fingerprint density at radius 2 is 2.11 bits per heavy atom. The van der Waals surface area contributed by atoms with E-state index in [0.717, 1.165) is 31.0 Å². The van der Waals surface area contributed by atoms with Gasteiger partial charge in [0.1, 0.15) is 5.82 Å². The highest BCUT2D eigenvalue weighted by molar-refractivity contribution is 7.89. The minimum Gasteiger partial charge on any atom is -0.338 e. The van der Waals surface area contributed by atoms with E-state index in [1.54, 1.807) is 0 Å². The predicted molar refractivity (Wildman–Crippen MR) is 69.7 cm³/mol. The number of anilines is 1. The van der Waals surface area contributed by atoms with Crippen molar-refractivity contribution in [3.63, 3.8) is 0 Å². The third kappa shape index (κ3) is 4.84. The van der Waals surface area contributed by atoms with Crippen molar-refractivity contribution in [1.82, 2.24) is 5.32 Å². The number of primary sulfonamides is 1. The van der Waals surface area contributed by atoms with Crippen molar-refractivity contribution < 1.29 is 17.6 Å². The summed E-state index contributed by atoms with van der Waals surface area (Å²) in [6.07, 6.45) is 1.71. The summed E-state index contributed by atoms with van der Waals surface area (Å²) in [6, 6.07) is 2.34. The molecule has 0 saturated carbocycles. The smallest absolute Gasteiger partial charge is 0.319 e. The van der Waals surface area contributed by atoms with E-state index in [1.165, 1.54) is 0 Å². The molecule has 8 heteroatoms. The molecule has 1 rings (SSSR count). The largest absolute Gasteiger partial charge is 0.338 e. The minimum absolute atomic E-state index is 0.236. The zero-order valence-corrected chi connectivity index (χ0v) is 11.3. The maximum atomic E-state index is 13.4. The maximum absolute atomic E-state index is 13.4. The predicted octanol–water partition coefficient (Wildman–Crippen LogP) is 1.39. The fraction of sp³-hybridized carbons (Fsp3) is 0.364. The lowest BCUT2D eigenvalue weighted by Gasteiger charge is -2.09. The standard InChI is InChI=1S/C11H16FN3O3S/c1-2-3-6-14-11(16)15-10-7-8(19(13,17)18)4-5-9(10)12/h4-5,7H,2-3,6H2,1H3,(H2,13,17,18)(H2,14,15,16). The average molecular weight is 289 g/mol. The molecule has 6 nitrogen and oxygen atoms in total. The van der Waals surface area contributed by atoms with Gasteiger partial charge in [-0.25, -0.2) is 22.7 Å². The fourth-order valence-corrected chi connectivity index (χ4v) is 1.86. The number of carbonyl (C=O) groups is 1. The molecule has 0 unspecified atom stereocenters.